The van der Waals surface area contributed by atoms with E-state index in [2.05, 4.69) is 129 Å². The van der Waals surface area contributed by atoms with Gasteiger partial charge in [0.1, 0.15) is 0 Å². The number of benzene rings is 4. The van der Waals surface area contributed by atoms with E-state index in [9.17, 15) is 0 Å². The van der Waals surface area contributed by atoms with Crippen LogP contribution in [0.1, 0.15) is 66.3 Å². The average Bonchev–Trinajstić information content (AvgIpc) is 3.63. The number of aliphatic imine (C=N–C) groups is 1. The molecule has 0 amide bonds. The molecule has 0 N–H and O–H groups in total. The van der Waals surface area contributed by atoms with Crippen LogP contribution in [0.3, 0.4) is 0 Å². The Morgan fingerprint density at radius 3 is 2.27 bits per heavy atom. The van der Waals surface area contributed by atoms with Crippen molar-refractivity contribution in [3.8, 4) is 22.4 Å². The molecule has 236 valence electrons. The van der Waals surface area contributed by atoms with E-state index in [1.165, 1.54) is 50.6 Å². The molecule has 1 aromatic heterocycles. The predicted molar refractivity (Wildman–Crippen MR) is 207 cm³/mol. The normalized spacial score (nSPS) is 19.8. The second kappa shape index (κ2) is 11.5. The summed E-state index contributed by atoms with van der Waals surface area (Å²) in [4.78, 5) is 10.1. The number of hydrogen-bond donors (Lipinski definition) is 0. The monoisotopic (exact) mass is 630 g/mol. The Labute approximate surface area is 288 Å². The van der Waals surface area contributed by atoms with Gasteiger partial charge in [0.05, 0.1) is 16.5 Å². The van der Waals surface area contributed by atoms with Gasteiger partial charge >= 0.3 is 0 Å². The number of hydrogen-bond acceptors (Lipinski definition) is 2. The van der Waals surface area contributed by atoms with Crippen LogP contribution in [-0.4, -0.2) is 11.2 Å². The minimum absolute atomic E-state index is 0.293. The summed E-state index contributed by atoms with van der Waals surface area (Å²) in [6.45, 7) is 10.1. The van der Waals surface area contributed by atoms with Gasteiger partial charge in [0.25, 0.3) is 0 Å². The maximum Gasteiger partial charge on any atom is 0.0788 e. The van der Waals surface area contributed by atoms with Gasteiger partial charge in [-0.1, -0.05) is 128 Å². The van der Waals surface area contributed by atoms with Gasteiger partial charge in [-0.3, -0.25) is 4.99 Å². The Kier molecular flexibility index (Phi) is 6.95. The molecule has 5 aromatic rings. The highest BCUT2D eigenvalue weighted by atomic mass is 14.7. The Morgan fingerprint density at radius 2 is 1.55 bits per heavy atom. The average molecular weight is 631 g/mol. The van der Waals surface area contributed by atoms with Gasteiger partial charge in [-0.05, 0) is 93.8 Å². The van der Waals surface area contributed by atoms with Crippen molar-refractivity contribution in [2.24, 2.45) is 4.99 Å². The number of pyridine rings is 1. The van der Waals surface area contributed by atoms with Crippen LogP contribution >= 0.6 is 0 Å². The summed E-state index contributed by atoms with van der Waals surface area (Å²) in [7, 11) is 0. The summed E-state index contributed by atoms with van der Waals surface area (Å²) < 4.78 is 0. The van der Waals surface area contributed by atoms with Gasteiger partial charge in [0.2, 0.25) is 0 Å². The molecule has 49 heavy (non-hydrogen) atoms. The zero-order chi connectivity index (χ0) is 33.1. The fourth-order valence-electron chi connectivity index (χ4n) is 9.23. The van der Waals surface area contributed by atoms with Crippen LogP contribution in [0.2, 0.25) is 0 Å². The maximum absolute atomic E-state index is 5.40. The van der Waals surface area contributed by atoms with Gasteiger partial charge in [-0.15, -0.1) is 0 Å². The smallest absolute Gasteiger partial charge is 0.0788 e. The van der Waals surface area contributed by atoms with E-state index in [1.54, 1.807) is 11.6 Å². The van der Waals surface area contributed by atoms with E-state index in [0.717, 1.165) is 57.9 Å². The largest absolute Gasteiger partial charge is 0.260 e. The number of allylic oxidation sites excluding steroid dienone is 7. The van der Waals surface area contributed by atoms with Crippen LogP contribution in [0.15, 0.2) is 145 Å². The van der Waals surface area contributed by atoms with Crippen LogP contribution in [0.5, 0.6) is 0 Å². The highest BCUT2D eigenvalue weighted by molar-refractivity contribution is 6.11. The zero-order valence-electron chi connectivity index (χ0n) is 27.9. The lowest BCUT2D eigenvalue weighted by Gasteiger charge is -2.33. The van der Waals surface area contributed by atoms with Crippen molar-refractivity contribution in [2.45, 2.75) is 43.9 Å². The molecule has 1 aliphatic heterocycles. The fraction of sp³-hybridized carbons (Fsp3) is 0.149. The van der Waals surface area contributed by atoms with E-state index in [-0.39, 0.29) is 5.41 Å². The third kappa shape index (κ3) is 4.20. The van der Waals surface area contributed by atoms with E-state index < -0.39 is 0 Å². The highest BCUT2D eigenvalue weighted by Crippen LogP contribution is 2.66. The Balaban J connectivity index is 1.35. The van der Waals surface area contributed by atoms with Crippen molar-refractivity contribution < 1.29 is 0 Å². The first kappa shape index (κ1) is 29.5. The molecule has 4 aliphatic rings. The van der Waals surface area contributed by atoms with E-state index in [4.69, 9.17) is 9.98 Å². The van der Waals surface area contributed by atoms with Crippen LogP contribution in [0.25, 0.3) is 50.9 Å². The summed E-state index contributed by atoms with van der Waals surface area (Å²) in [5.74, 6) is 0.330. The summed E-state index contributed by atoms with van der Waals surface area (Å²) in [5, 5.41) is 4.66. The summed E-state index contributed by atoms with van der Waals surface area (Å²) in [6, 6.07) is 31.8. The molecule has 3 aliphatic carbocycles. The van der Waals surface area contributed by atoms with E-state index >= 15 is 0 Å². The first-order chi connectivity index (χ1) is 24.2. The Bertz CT molecular complexity index is 2450. The number of aromatic nitrogens is 1. The summed E-state index contributed by atoms with van der Waals surface area (Å²) in [6.07, 6.45) is 21.1. The lowest BCUT2D eigenvalue weighted by Crippen LogP contribution is -2.30. The topological polar surface area (TPSA) is 25.2 Å². The number of fused-ring (bicyclic) bond motifs is 12. The van der Waals surface area contributed by atoms with Crippen molar-refractivity contribution in [1.29, 1.82) is 0 Å². The third-order valence-corrected chi connectivity index (χ3v) is 11.1. The van der Waals surface area contributed by atoms with Crippen molar-refractivity contribution in [3.05, 3.63) is 178 Å². The molecule has 2 nitrogen and oxygen atoms in total. The van der Waals surface area contributed by atoms with Crippen molar-refractivity contribution in [1.82, 2.24) is 4.98 Å². The Morgan fingerprint density at radius 1 is 0.796 bits per heavy atom. The van der Waals surface area contributed by atoms with Crippen LogP contribution < -0.4 is 10.6 Å². The molecule has 1 unspecified atom stereocenters. The number of dihydropyridines is 1. The first-order valence-electron chi connectivity index (χ1n) is 17.5. The quantitative estimate of drug-likeness (QED) is 0.182. The molecular formula is C47H38N2. The van der Waals surface area contributed by atoms with E-state index in [1.807, 2.05) is 18.4 Å². The van der Waals surface area contributed by atoms with Crippen molar-refractivity contribution >= 4 is 34.7 Å². The predicted octanol–water partition coefficient (Wildman–Crippen LogP) is 10.1. The second-order valence-electron chi connectivity index (χ2n) is 13.5. The van der Waals surface area contributed by atoms with Crippen LogP contribution in [-0.2, 0) is 5.41 Å². The van der Waals surface area contributed by atoms with Crippen LogP contribution in [0.4, 0.5) is 0 Å². The molecule has 9 rings (SSSR count). The second-order valence-corrected chi connectivity index (χ2v) is 13.5. The molecule has 0 bridgehead atoms. The molecule has 1 spiro atoms. The molecule has 2 heteroatoms. The molecule has 0 fully saturated rings. The van der Waals surface area contributed by atoms with Gasteiger partial charge in [-0.2, -0.15) is 0 Å². The molecule has 0 saturated carbocycles. The number of rotatable bonds is 4. The van der Waals surface area contributed by atoms with E-state index in [0.29, 0.717) is 5.92 Å². The van der Waals surface area contributed by atoms with Crippen molar-refractivity contribution in [2.75, 3.05) is 0 Å². The molecule has 0 saturated heterocycles. The van der Waals surface area contributed by atoms with Gasteiger partial charge in [-0.25, -0.2) is 4.98 Å². The summed E-state index contributed by atoms with van der Waals surface area (Å²) >= 11 is 0. The molecule has 4 aromatic carbocycles. The lowest BCUT2D eigenvalue weighted by molar-refractivity contribution is 0.599. The Hall–Kier alpha value is -5.60. The van der Waals surface area contributed by atoms with Gasteiger partial charge < -0.3 is 0 Å². The SMILES string of the molecule is C=C/C=c1\c(=C/C)nc(-c2cccc(C3=CC/C(=C\C=C)N=C3)c2)c2ccc3c(c12)C1CCCC=C1C31c2ccccc2-c2ccccc21. The third-order valence-electron chi connectivity index (χ3n) is 11.1. The standard InChI is InChI=1S/C47H38N2/c1-4-14-33-25-24-32(29-48-33)30-16-13-17-31(28-30)46-38-26-27-42-45(44(38)37(15-5-2)43(6-3)49-46)36-20-9-12-23-41(36)47(42)39-21-10-7-18-34(39)35-19-8-11-22-40(35)47/h4-8,10-11,13-19,21-24,26-29,36H,1-2,9,12,20,25H2,3H3/b33-14+,37-15+,43-6+. The van der Waals surface area contributed by atoms with Gasteiger partial charge in [0.15, 0.2) is 0 Å². The molecule has 2 heterocycles. The highest BCUT2D eigenvalue weighted by Gasteiger charge is 2.55. The van der Waals surface area contributed by atoms with Gasteiger partial charge in [0, 0.05) is 40.4 Å². The first-order valence-corrected chi connectivity index (χ1v) is 17.5. The summed E-state index contributed by atoms with van der Waals surface area (Å²) in [5.41, 5.74) is 15.1. The minimum Gasteiger partial charge on any atom is -0.260 e. The number of nitrogens with zero attached hydrogens (tertiary/aromatic N) is 2. The molecule has 1 atom stereocenters. The molecule has 0 radical (unpaired) electrons. The lowest BCUT2D eigenvalue weighted by atomic mass is 9.68. The van der Waals surface area contributed by atoms with Crippen molar-refractivity contribution in [3.63, 3.8) is 0 Å². The maximum atomic E-state index is 5.40. The zero-order valence-corrected chi connectivity index (χ0v) is 27.9. The van der Waals surface area contributed by atoms with Crippen LogP contribution in [0, 0.1) is 0 Å². The fourth-order valence-corrected chi connectivity index (χ4v) is 9.23. The minimum atomic E-state index is -0.293. The molecular weight excluding hydrogens is 593 g/mol.